The second-order valence-electron chi connectivity index (χ2n) is 17.4. The van der Waals surface area contributed by atoms with E-state index in [2.05, 4.69) is 217 Å². The van der Waals surface area contributed by atoms with Crippen molar-refractivity contribution in [3.05, 3.63) is 230 Å². The Balaban J connectivity index is 0.878. The Hall–Kier alpha value is -8.60. The van der Waals surface area contributed by atoms with Gasteiger partial charge in [-0.15, -0.1) is 0 Å². The normalized spacial score (nSPS) is 13.0. The lowest BCUT2D eigenvalue weighted by atomic mass is 10.0. The molecule has 9 aromatic carbocycles. The number of allylic oxidation sites excluding steroid dienone is 6. The van der Waals surface area contributed by atoms with Gasteiger partial charge in [-0.25, -0.2) is 0 Å². The van der Waals surface area contributed by atoms with Crippen molar-refractivity contribution in [3.63, 3.8) is 0 Å². The molecule has 0 atom stereocenters. The molecule has 312 valence electrons. The fraction of sp³-hybridized carbons (Fsp3) is 0.0323. The van der Waals surface area contributed by atoms with Crippen LogP contribution in [0.2, 0.25) is 0 Å². The molecule has 0 unspecified atom stereocenters. The summed E-state index contributed by atoms with van der Waals surface area (Å²) >= 11 is 0. The number of furan rings is 2. The average molecular weight is 847 g/mol. The SMILES string of the molecule is CC1=CC=C(n2c3ccccc3c3cc(-c4ccc(N(c5ccc(-c6ccc7oc8ccccc8c7c6)cc5)c5ccc(-c6ccc7oc8ccccc8c7c6)cc5)cc4)ccc32)C=CC1. The summed E-state index contributed by atoms with van der Waals surface area (Å²) in [7, 11) is 0. The molecule has 1 aliphatic carbocycles. The summed E-state index contributed by atoms with van der Waals surface area (Å²) < 4.78 is 14.7. The number of nitrogens with zero attached hydrogens (tertiary/aromatic N) is 2. The Morgan fingerprint density at radius 2 is 0.803 bits per heavy atom. The number of hydrogen-bond acceptors (Lipinski definition) is 3. The summed E-state index contributed by atoms with van der Waals surface area (Å²) in [4.78, 5) is 2.35. The number of benzene rings is 9. The molecule has 0 fully saturated rings. The van der Waals surface area contributed by atoms with Crippen molar-refractivity contribution in [1.29, 1.82) is 0 Å². The fourth-order valence-corrected chi connectivity index (χ4v) is 9.96. The first-order valence-corrected chi connectivity index (χ1v) is 22.6. The summed E-state index contributed by atoms with van der Waals surface area (Å²) in [6.07, 6.45) is 9.96. The van der Waals surface area contributed by atoms with E-state index in [1.54, 1.807) is 0 Å². The molecular formula is C62H42N2O2. The quantitative estimate of drug-likeness (QED) is 0.160. The van der Waals surface area contributed by atoms with Crippen LogP contribution in [-0.4, -0.2) is 4.57 Å². The van der Waals surface area contributed by atoms with Crippen molar-refractivity contribution >= 4 is 88.4 Å². The molecule has 0 N–H and O–H groups in total. The van der Waals surface area contributed by atoms with Gasteiger partial charge in [0.25, 0.3) is 0 Å². The Bertz CT molecular complexity index is 3790. The molecule has 0 aliphatic heterocycles. The first-order chi connectivity index (χ1) is 32.6. The molecule has 0 spiro atoms. The van der Waals surface area contributed by atoms with Gasteiger partial charge in [0.1, 0.15) is 22.3 Å². The number of anilines is 3. The van der Waals surface area contributed by atoms with E-state index in [0.29, 0.717) is 0 Å². The number of para-hydroxylation sites is 3. The van der Waals surface area contributed by atoms with Gasteiger partial charge in [0.05, 0.1) is 11.0 Å². The van der Waals surface area contributed by atoms with E-state index in [9.17, 15) is 0 Å². The number of hydrogen-bond donors (Lipinski definition) is 0. The highest BCUT2D eigenvalue weighted by atomic mass is 16.3. The monoisotopic (exact) mass is 846 g/mol. The maximum absolute atomic E-state index is 6.15. The van der Waals surface area contributed by atoms with Crippen LogP contribution in [-0.2, 0) is 0 Å². The van der Waals surface area contributed by atoms with Crippen LogP contribution in [0.4, 0.5) is 17.1 Å². The molecule has 0 saturated heterocycles. The van der Waals surface area contributed by atoms with E-state index < -0.39 is 0 Å². The average Bonchev–Trinajstić information content (AvgIpc) is 3.99. The van der Waals surface area contributed by atoms with Gasteiger partial charge in [-0.3, -0.25) is 0 Å². The van der Waals surface area contributed by atoms with Crippen molar-refractivity contribution < 1.29 is 8.83 Å². The van der Waals surface area contributed by atoms with Gasteiger partial charge in [0.15, 0.2) is 0 Å². The van der Waals surface area contributed by atoms with E-state index in [1.165, 1.54) is 44.2 Å². The maximum atomic E-state index is 6.15. The first-order valence-electron chi connectivity index (χ1n) is 22.6. The van der Waals surface area contributed by atoms with Crippen LogP contribution < -0.4 is 4.90 Å². The highest BCUT2D eigenvalue weighted by molar-refractivity contribution is 6.12. The summed E-state index contributed by atoms with van der Waals surface area (Å²) in [6, 6.07) is 71.9. The zero-order valence-electron chi connectivity index (χ0n) is 36.3. The van der Waals surface area contributed by atoms with E-state index >= 15 is 0 Å². The molecule has 1 aliphatic rings. The van der Waals surface area contributed by atoms with Crippen LogP contribution in [0.15, 0.2) is 239 Å². The smallest absolute Gasteiger partial charge is 0.135 e. The minimum absolute atomic E-state index is 0.900. The van der Waals surface area contributed by atoms with Crippen molar-refractivity contribution in [2.75, 3.05) is 4.90 Å². The zero-order valence-corrected chi connectivity index (χ0v) is 36.3. The van der Waals surface area contributed by atoms with E-state index in [1.807, 2.05) is 24.3 Å². The van der Waals surface area contributed by atoms with Gasteiger partial charge < -0.3 is 18.3 Å². The third-order valence-electron chi connectivity index (χ3n) is 13.3. The van der Waals surface area contributed by atoms with Gasteiger partial charge >= 0.3 is 0 Å². The van der Waals surface area contributed by atoms with Crippen molar-refractivity contribution in [2.45, 2.75) is 13.3 Å². The second-order valence-corrected chi connectivity index (χ2v) is 17.4. The van der Waals surface area contributed by atoms with Crippen LogP contribution in [0.5, 0.6) is 0 Å². The number of aromatic nitrogens is 1. The molecule has 3 aromatic heterocycles. The second kappa shape index (κ2) is 15.3. The fourth-order valence-electron chi connectivity index (χ4n) is 9.96. The minimum atomic E-state index is 0.900. The third-order valence-corrected chi connectivity index (χ3v) is 13.3. The van der Waals surface area contributed by atoms with Crippen molar-refractivity contribution in [1.82, 2.24) is 4.57 Å². The summed E-state index contributed by atoms with van der Waals surface area (Å²) in [6.45, 7) is 2.19. The summed E-state index contributed by atoms with van der Waals surface area (Å²) in [5, 5.41) is 7.01. The van der Waals surface area contributed by atoms with Crippen LogP contribution in [0.3, 0.4) is 0 Å². The van der Waals surface area contributed by atoms with Crippen molar-refractivity contribution in [2.24, 2.45) is 0 Å². The largest absolute Gasteiger partial charge is 0.456 e. The molecule has 0 amide bonds. The lowest BCUT2D eigenvalue weighted by Gasteiger charge is -2.26. The topological polar surface area (TPSA) is 34.5 Å². The van der Waals surface area contributed by atoms with E-state index in [0.717, 1.165) is 89.6 Å². The number of fused-ring (bicyclic) bond motifs is 9. The third kappa shape index (κ3) is 6.37. The Morgan fingerprint density at radius 1 is 0.379 bits per heavy atom. The van der Waals surface area contributed by atoms with Gasteiger partial charge in [0, 0.05) is 55.1 Å². The maximum Gasteiger partial charge on any atom is 0.135 e. The predicted octanol–water partition coefficient (Wildman–Crippen LogP) is 17.8. The summed E-state index contributed by atoms with van der Waals surface area (Å²) in [5.41, 5.74) is 18.7. The lowest BCUT2D eigenvalue weighted by Crippen LogP contribution is -2.09. The summed E-state index contributed by atoms with van der Waals surface area (Å²) in [5.74, 6) is 0. The molecule has 0 saturated carbocycles. The van der Waals surface area contributed by atoms with Crippen LogP contribution in [0, 0.1) is 0 Å². The Labute approximate surface area is 381 Å². The predicted molar refractivity (Wildman–Crippen MR) is 277 cm³/mol. The van der Waals surface area contributed by atoms with Crippen LogP contribution in [0.25, 0.3) is 105 Å². The van der Waals surface area contributed by atoms with Gasteiger partial charge in [0.2, 0.25) is 0 Å². The van der Waals surface area contributed by atoms with Gasteiger partial charge in [-0.05, 0) is 150 Å². The molecule has 13 rings (SSSR count). The molecular weight excluding hydrogens is 805 g/mol. The molecule has 4 nitrogen and oxygen atoms in total. The molecule has 66 heavy (non-hydrogen) atoms. The molecule has 12 aromatic rings. The number of rotatable bonds is 7. The van der Waals surface area contributed by atoms with E-state index in [4.69, 9.17) is 8.83 Å². The highest BCUT2D eigenvalue weighted by Gasteiger charge is 2.18. The highest BCUT2D eigenvalue weighted by Crippen LogP contribution is 2.41. The first kappa shape index (κ1) is 37.9. The van der Waals surface area contributed by atoms with Crippen molar-refractivity contribution in [3.8, 4) is 33.4 Å². The molecule has 3 heterocycles. The standard InChI is InChI=1S/C62H42N2O2/c1-40-9-8-10-47(27-17-40)64-57-14-5-2-11-51(57)54-37-44(24-34-58(54)64)41-18-28-48(29-19-41)63(49-30-20-42(21-31-49)45-25-35-61-55(38-45)52-12-3-6-15-59(52)65-61)50-32-22-43(23-33-50)46-26-36-62-56(39-46)53-13-4-7-16-60(53)66-62/h2-8,10-39H,9H2,1H3. The molecule has 4 heteroatoms. The zero-order chi connectivity index (χ0) is 43.7. The minimum Gasteiger partial charge on any atom is -0.456 e. The lowest BCUT2D eigenvalue weighted by molar-refractivity contribution is 0.668. The van der Waals surface area contributed by atoms with Gasteiger partial charge in [-0.2, -0.15) is 0 Å². The molecule has 0 radical (unpaired) electrons. The van der Waals surface area contributed by atoms with E-state index in [-0.39, 0.29) is 0 Å². The van der Waals surface area contributed by atoms with Crippen LogP contribution in [0.1, 0.15) is 13.3 Å². The Kier molecular flexibility index (Phi) is 8.78. The molecule has 0 bridgehead atoms. The van der Waals surface area contributed by atoms with Crippen LogP contribution >= 0.6 is 0 Å². The van der Waals surface area contributed by atoms with Gasteiger partial charge in [-0.1, -0.05) is 127 Å². The Morgan fingerprint density at radius 3 is 1.35 bits per heavy atom.